The third kappa shape index (κ3) is 7.61. The van der Waals surface area contributed by atoms with Gasteiger partial charge in [-0.3, -0.25) is 4.79 Å². The van der Waals surface area contributed by atoms with Gasteiger partial charge in [0.1, 0.15) is 0 Å². The summed E-state index contributed by atoms with van der Waals surface area (Å²) >= 11 is 0. The summed E-state index contributed by atoms with van der Waals surface area (Å²) in [6, 6.07) is 21.2. The quantitative estimate of drug-likeness (QED) is 0.0996. The van der Waals surface area contributed by atoms with E-state index in [0.717, 1.165) is 5.57 Å². The monoisotopic (exact) mass is 666 g/mol. The summed E-state index contributed by atoms with van der Waals surface area (Å²) in [7, 11) is -3.39. The minimum absolute atomic E-state index is 0.0896. The number of hydrogen-bond donors (Lipinski definition) is 0. The molecule has 1 aliphatic rings. The third-order valence-electron chi connectivity index (χ3n) is 10.5. The number of carbonyl (C=O) groups excluding carboxylic acids is 2. The van der Waals surface area contributed by atoms with Crippen molar-refractivity contribution in [3.8, 4) is 0 Å². The molecule has 0 heterocycles. The molecule has 6 nitrogen and oxygen atoms in total. The van der Waals surface area contributed by atoms with Crippen LogP contribution in [-0.2, 0) is 27.9 Å². The standard InChI is InChI=1S/C38H58O6Si2/c1-29-26-38(34(40)41-10,44-30(2)39)37(9,24-19-25-42-45(11,12)35(3,4)5)27-31(29)28-43-46(36(6,7)8,32-20-15-13-16-21-32)33-22-17-14-18-23-33/h13-18,20-23,27,29H,19,24-26,28H2,1-12H3/t29-,37-,38-/m0/s1. The van der Waals surface area contributed by atoms with E-state index in [1.54, 1.807) is 0 Å². The van der Waals surface area contributed by atoms with E-state index >= 15 is 0 Å². The van der Waals surface area contributed by atoms with Gasteiger partial charge >= 0.3 is 11.9 Å². The lowest BCUT2D eigenvalue weighted by Gasteiger charge is -2.50. The molecular formula is C38H58O6Si2. The number of carbonyl (C=O) groups is 2. The normalized spacial score (nSPS) is 22.6. The summed E-state index contributed by atoms with van der Waals surface area (Å²) in [5, 5.41) is 2.35. The second kappa shape index (κ2) is 14.3. The minimum atomic E-state index is -2.80. The van der Waals surface area contributed by atoms with Crippen molar-refractivity contribution in [1.29, 1.82) is 0 Å². The van der Waals surface area contributed by atoms with Crippen LogP contribution in [0.4, 0.5) is 0 Å². The highest BCUT2D eigenvalue weighted by atomic mass is 28.4. The van der Waals surface area contributed by atoms with Gasteiger partial charge < -0.3 is 18.3 Å². The topological polar surface area (TPSA) is 71.1 Å². The number of rotatable bonds is 12. The van der Waals surface area contributed by atoms with Crippen LogP contribution in [0.25, 0.3) is 0 Å². The molecule has 0 saturated heterocycles. The Hall–Kier alpha value is -2.53. The maximum absolute atomic E-state index is 13.7. The van der Waals surface area contributed by atoms with Crippen LogP contribution in [0.15, 0.2) is 72.3 Å². The van der Waals surface area contributed by atoms with Crippen molar-refractivity contribution in [3.63, 3.8) is 0 Å². The van der Waals surface area contributed by atoms with Crippen molar-refractivity contribution in [2.24, 2.45) is 11.3 Å². The molecule has 0 amide bonds. The van der Waals surface area contributed by atoms with Crippen LogP contribution in [-0.4, -0.2) is 54.5 Å². The van der Waals surface area contributed by atoms with Gasteiger partial charge in [0.05, 0.1) is 13.7 Å². The van der Waals surface area contributed by atoms with Crippen molar-refractivity contribution in [2.45, 2.75) is 110 Å². The molecule has 254 valence electrons. The number of ether oxygens (including phenoxy) is 2. The summed E-state index contributed by atoms with van der Waals surface area (Å²) in [6.07, 6.45) is 3.76. The van der Waals surface area contributed by atoms with E-state index in [1.807, 2.05) is 19.1 Å². The van der Waals surface area contributed by atoms with Crippen LogP contribution in [0.3, 0.4) is 0 Å². The molecule has 0 spiro atoms. The maximum atomic E-state index is 13.7. The maximum Gasteiger partial charge on any atom is 0.351 e. The van der Waals surface area contributed by atoms with E-state index in [9.17, 15) is 9.59 Å². The smallest absolute Gasteiger partial charge is 0.351 e. The average molecular weight is 667 g/mol. The highest BCUT2D eigenvalue weighted by Gasteiger charge is 2.60. The largest absolute Gasteiger partial charge is 0.466 e. The SMILES string of the molecule is COC(=O)[C@@]1(OC(C)=O)C[C@H](C)C(CO[Si](c2ccccc2)(c2ccccc2)C(C)(C)C)=C[C@]1(C)CCCO[Si](C)(C)C(C)(C)C. The Bertz CT molecular complexity index is 1320. The number of benzene rings is 2. The third-order valence-corrected chi connectivity index (χ3v) is 20.0. The van der Waals surface area contributed by atoms with Crippen molar-refractivity contribution >= 4 is 38.9 Å². The van der Waals surface area contributed by atoms with E-state index in [1.165, 1.54) is 24.4 Å². The van der Waals surface area contributed by atoms with E-state index in [-0.39, 0.29) is 16.0 Å². The Morgan fingerprint density at radius 3 is 1.83 bits per heavy atom. The molecule has 1 aliphatic carbocycles. The molecule has 8 heteroatoms. The molecule has 0 bridgehead atoms. The molecule has 0 fully saturated rings. The zero-order valence-corrected chi connectivity index (χ0v) is 32.4. The Balaban J connectivity index is 2.09. The highest BCUT2D eigenvalue weighted by molar-refractivity contribution is 6.99. The number of methoxy groups -OCH3 is 1. The predicted molar refractivity (Wildman–Crippen MR) is 192 cm³/mol. The molecule has 0 unspecified atom stereocenters. The molecular weight excluding hydrogens is 609 g/mol. The first-order chi connectivity index (χ1) is 21.3. The first kappa shape index (κ1) is 37.9. The summed E-state index contributed by atoms with van der Waals surface area (Å²) in [4.78, 5) is 26.2. The van der Waals surface area contributed by atoms with Crippen LogP contribution in [0.2, 0.25) is 23.2 Å². The van der Waals surface area contributed by atoms with Gasteiger partial charge in [0.25, 0.3) is 8.32 Å². The lowest BCUT2D eigenvalue weighted by atomic mass is 9.61. The average Bonchev–Trinajstić information content (AvgIpc) is 2.97. The molecule has 2 aromatic rings. The molecule has 3 atom stereocenters. The zero-order chi connectivity index (χ0) is 34.6. The van der Waals surface area contributed by atoms with Gasteiger partial charge in [-0.2, -0.15) is 0 Å². The van der Waals surface area contributed by atoms with E-state index in [4.69, 9.17) is 18.3 Å². The van der Waals surface area contributed by atoms with Crippen LogP contribution in [0.5, 0.6) is 0 Å². The first-order valence-electron chi connectivity index (χ1n) is 16.6. The molecule has 0 aromatic heterocycles. The summed E-state index contributed by atoms with van der Waals surface area (Å²) in [5.74, 6) is -1.11. The Kier molecular flexibility index (Phi) is 11.8. The second-order valence-electron chi connectivity index (χ2n) is 15.8. The van der Waals surface area contributed by atoms with Crippen molar-refractivity contribution < 1.29 is 27.9 Å². The fourth-order valence-corrected chi connectivity index (χ4v) is 12.4. The van der Waals surface area contributed by atoms with Gasteiger partial charge in [-0.25, -0.2) is 4.79 Å². The van der Waals surface area contributed by atoms with Gasteiger partial charge in [-0.15, -0.1) is 0 Å². The van der Waals surface area contributed by atoms with Gasteiger partial charge in [-0.05, 0) is 57.9 Å². The van der Waals surface area contributed by atoms with E-state index in [2.05, 4.69) is 116 Å². The van der Waals surface area contributed by atoms with Crippen LogP contribution < -0.4 is 10.4 Å². The van der Waals surface area contributed by atoms with Gasteiger partial charge in [0, 0.05) is 25.4 Å². The summed E-state index contributed by atoms with van der Waals surface area (Å²) < 4.78 is 25.3. The number of hydrogen-bond acceptors (Lipinski definition) is 6. The second-order valence-corrected chi connectivity index (χ2v) is 24.9. The predicted octanol–water partition coefficient (Wildman–Crippen LogP) is 7.81. The molecule has 0 N–H and O–H groups in total. The van der Waals surface area contributed by atoms with Crippen molar-refractivity contribution in [2.75, 3.05) is 20.3 Å². The fourth-order valence-electron chi connectivity index (χ4n) is 6.78. The zero-order valence-electron chi connectivity index (χ0n) is 30.4. The Morgan fingerprint density at radius 1 is 0.870 bits per heavy atom. The lowest BCUT2D eigenvalue weighted by molar-refractivity contribution is -0.197. The molecule has 0 aliphatic heterocycles. The molecule has 2 aromatic carbocycles. The fraction of sp³-hybridized carbons (Fsp3) is 0.579. The van der Waals surface area contributed by atoms with E-state index in [0.29, 0.717) is 32.5 Å². The summed E-state index contributed by atoms with van der Waals surface area (Å²) in [6.45, 7) is 24.4. The van der Waals surface area contributed by atoms with Crippen molar-refractivity contribution in [3.05, 3.63) is 72.3 Å². The minimum Gasteiger partial charge on any atom is -0.466 e. The number of esters is 2. The van der Waals surface area contributed by atoms with Crippen LogP contribution >= 0.6 is 0 Å². The van der Waals surface area contributed by atoms with Gasteiger partial charge in [0.2, 0.25) is 5.60 Å². The summed E-state index contributed by atoms with van der Waals surface area (Å²) in [5.41, 5.74) is -1.18. The lowest BCUT2D eigenvalue weighted by Crippen LogP contribution is -2.67. The van der Waals surface area contributed by atoms with Crippen molar-refractivity contribution in [1.82, 2.24) is 0 Å². The highest BCUT2D eigenvalue weighted by Crippen LogP contribution is 2.51. The van der Waals surface area contributed by atoms with Gasteiger partial charge in [-0.1, -0.05) is 122 Å². The van der Waals surface area contributed by atoms with Crippen LogP contribution in [0.1, 0.15) is 81.6 Å². The molecule has 3 rings (SSSR count). The van der Waals surface area contributed by atoms with E-state index < -0.39 is 39.6 Å². The molecule has 46 heavy (non-hydrogen) atoms. The Labute approximate surface area is 280 Å². The van der Waals surface area contributed by atoms with Crippen LogP contribution in [0, 0.1) is 11.3 Å². The molecule has 0 saturated carbocycles. The van der Waals surface area contributed by atoms with Gasteiger partial charge in [0.15, 0.2) is 8.32 Å². The first-order valence-corrected chi connectivity index (χ1v) is 21.5. The Morgan fingerprint density at radius 2 is 1.39 bits per heavy atom. The molecule has 0 radical (unpaired) electrons.